The third-order valence-corrected chi connectivity index (χ3v) is 3.17. The highest BCUT2D eigenvalue weighted by Crippen LogP contribution is 2.28. The second kappa shape index (κ2) is 4.15. The summed E-state index contributed by atoms with van der Waals surface area (Å²) in [6, 6.07) is 5.37. The van der Waals surface area contributed by atoms with Gasteiger partial charge in [-0.25, -0.2) is 0 Å². The Balaban J connectivity index is 3.02. The Bertz CT molecular complexity index is 436. The molecular formula is C8H7BrF2O3S. The zero-order chi connectivity index (χ0) is 11.7. The Kier molecular flexibility index (Phi) is 3.47. The first-order valence-corrected chi connectivity index (χ1v) is 6.00. The second-order valence-electron chi connectivity index (χ2n) is 2.80. The maximum absolute atomic E-state index is 12.3. The molecule has 84 valence electrons. The smallest absolute Gasteiger partial charge is 0.194 e. The van der Waals surface area contributed by atoms with E-state index < -0.39 is 15.1 Å². The number of aryl methyl sites for hydroxylation is 1. The molecule has 0 fully saturated rings. The fourth-order valence-corrected chi connectivity index (χ4v) is 2.21. The van der Waals surface area contributed by atoms with Gasteiger partial charge in [0.2, 0.25) is 0 Å². The summed E-state index contributed by atoms with van der Waals surface area (Å²) < 4.78 is 50.7. The van der Waals surface area contributed by atoms with E-state index in [4.69, 9.17) is 0 Å². The maximum atomic E-state index is 12.3. The highest BCUT2D eigenvalue weighted by molar-refractivity contribution is 9.09. The van der Waals surface area contributed by atoms with Crippen molar-refractivity contribution >= 4 is 26.0 Å². The Labute approximate surface area is 94.3 Å². The molecule has 15 heavy (non-hydrogen) atoms. The molecule has 0 N–H and O–H groups in total. The first kappa shape index (κ1) is 12.5. The molecule has 0 unspecified atom stereocenters. The Morgan fingerprint density at radius 2 is 1.73 bits per heavy atom. The summed E-state index contributed by atoms with van der Waals surface area (Å²) in [6.45, 7) is 1.75. The van der Waals surface area contributed by atoms with Gasteiger partial charge in [-0.05, 0) is 19.1 Å². The van der Waals surface area contributed by atoms with Gasteiger partial charge in [-0.3, -0.25) is 0 Å². The molecule has 0 spiro atoms. The van der Waals surface area contributed by atoms with E-state index in [0.717, 1.165) is 5.56 Å². The summed E-state index contributed by atoms with van der Waals surface area (Å²) in [7, 11) is -4.43. The zero-order valence-electron chi connectivity index (χ0n) is 7.58. The molecule has 0 amide bonds. The molecule has 1 aromatic rings. The van der Waals surface area contributed by atoms with Crippen molar-refractivity contribution in [2.45, 2.75) is 16.8 Å². The van der Waals surface area contributed by atoms with Gasteiger partial charge in [0.25, 0.3) is 0 Å². The summed E-state index contributed by atoms with van der Waals surface area (Å²) in [5, 5.41) is -3.89. The van der Waals surface area contributed by atoms with E-state index in [0.29, 0.717) is 0 Å². The van der Waals surface area contributed by atoms with Gasteiger partial charge in [-0.2, -0.15) is 21.4 Å². The fourth-order valence-electron chi connectivity index (χ4n) is 0.877. The topological polar surface area (TPSA) is 43.4 Å². The average molecular weight is 301 g/mol. The third kappa shape index (κ3) is 3.84. The van der Waals surface area contributed by atoms with Gasteiger partial charge < -0.3 is 0 Å². The van der Waals surface area contributed by atoms with Crippen LogP contribution in [0, 0.1) is 6.92 Å². The van der Waals surface area contributed by atoms with Crippen LogP contribution in [0.25, 0.3) is 0 Å². The Hall–Kier alpha value is -0.530. The van der Waals surface area contributed by atoms with Gasteiger partial charge in [-0.15, -0.1) is 0 Å². The van der Waals surface area contributed by atoms with Crippen molar-refractivity contribution in [3.05, 3.63) is 29.8 Å². The molecule has 0 radical (unpaired) electrons. The van der Waals surface area contributed by atoms with E-state index in [2.05, 4.69) is 4.18 Å². The van der Waals surface area contributed by atoms with Crippen molar-refractivity contribution in [2.24, 2.45) is 0 Å². The number of hydrogen-bond donors (Lipinski definition) is 0. The number of rotatable bonds is 3. The van der Waals surface area contributed by atoms with Gasteiger partial charge >= 0.3 is 15.1 Å². The minimum absolute atomic E-state index is 0.313. The van der Waals surface area contributed by atoms with Crippen LogP contribution in [-0.4, -0.2) is 13.4 Å². The molecule has 1 aromatic carbocycles. The van der Waals surface area contributed by atoms with Crippen LogP contribution in [0.3, 0.4) is 0 Å². The molecule has 7 heteroatoms. The lowest BCUT2D eigenvalue weighted by Gasteiger charge is -2.09. The van der Waals surface area contributed by atoms with Crippen LogP contribution < -0.4 is 0 Å². The molecule has 0 atom stereocenters. The van der Waals surface area contributed by atoms with Crippen molar-refractivity contribution in [1.29, 1.82) is 0 Å². The highest BCUT2D eigenvalue weighted by Gasteiger charge is 2.34. The van der Waals surface area contributed by atoms with E-state index in [1.54, 1.807) is 22.9 Å². The second-order valence-corrected chi connectivity index (χ2v) is 5.27. The molecule has 0 aromatic heterocycles. The van der Waals surface area contributed by atoms with Gasteiger partial charge in [0.15, 0.2) is 0 Å². The van der Waals surface area contributed by atoms with Gasteiger partial charge in [-0.1, -0.05) is 17.7 Å². The predicted octanol–water partition coefficient (Wildman–Crippen LogP) is 2.65. The van der Waals surface area contributed by atoms with E-state index >= 15 is 0 Å². The minimum atomic E-state index is -4.43. The van der Waals surface area contributed by atoms with E-state index in [9.17, 15) is 17.2 Å². The Morgan fingerprint density at radius 1 is 1.27 bits per heavy atom. The number of alkyl halides is 3. The standard InChI is InChI=1S/C8H7BrF2O3S/c1-6-2-4-7(5-3-6)15(12,13)14-8(9,10)11/h2-5H,1H3. The molecule has 0 saturated heterocycles. The summed E-state index contributed by atoms with van der Waals surface area (Å²) in [4.78, 5) is -0.313. The third-order valence-electron chi connectivity index (χ3n) is 1.51. The van der Waals surface area contributed by atoms with Crippen molar-refractivity contribution in [3.63, 3.8) is 0 Å². The average Bonchev–Trinajstić information content (AvgIpc) is 2.00. The monoisotopic (exact) mass is 300 g/mol. The quantitative estimate of drug-likeness (QED) is 0.637. The van der Waals surface area contributed by atoms with Crippen molar-refractivity contribution in [1.82, 2.24) is 0 Å². The molecule has 3 nitrogen and oxygen atoms in total. The molecule has 0 aliphatic rings. The van der Waals surface area contributed by atoms with Crippen molar-refractivity contribution in [3.8, 4) is 0 Å². The van der Waals surface area contributed by atoms with Crippen LogP contribution in [0.1, 0.15) is 5.56 Å². The van der Waals surface area contributed by atoms with Gasteiger partial charge in [0, 0.05) is 15.9 Å². The lowest BCUT2D eigenvalue weighted by atomic mass is 10.2. The van der Waals surface area contributed by atoms with Crippen LogP contribution >= 0.6 is 15.9 Å². The first-order chi connectivity index (χ1) is 6.71. The first-order valence-electron chi connectivity index (χ1n) is 3.80. The summed E-state index contributed by atoms with van der Waals surface area (Å²) in [5.74, 6) is 0. The normalized spacial score (nSPS) is 12.8. The molecule has 0 saturated carbocycles. The maximum Gasteiger partial charge on any atom is 0.428 e. The van der Waals surface area contributed by atoms with Crippen LogP contribution in [0.5, 0.6) is 0 Å². The van der Waals surface area contributed by atoms with Gasteiger partial charge in [0.1, 0.15) is 0 Å². The van der Waals surface area contributed by atoms with E-state index in [1.165, 1.54) is 24.3 Å². The summed E-state index contributed by atoms with van der Waals surface area (Å²) in [5.41, 5.74) is 0.819. The van der Waals surface area contributed by atoms with Crippen molar-refractivity contribution in [2.75, 3.05) is 0 Å². The Morgan fingerprint density at radius 3 is 2.13 bits per heavy atom. The van der Waals surface area contributed by atoms with Gasteiger partial charge in [0.05, 0.1) is 4.90 Å². The number of hydrogen-bond acceptors (Lipinski definition) is 3. The van der Waals surface area contributed by atoms with Crippen molar-refractivity contribution < 1.29 is 21.4 Å². The summed E-state index contributed by atoms with van der Waals surface area (Å²) >= 11 is 1.79. The lowest BCUT2D eigenvalue weighted by molar-refractivity contribution is -0.0752. The molecular weight excluding hydrogens is 294 g/mol. The largest absolute Gasteiger partial charge is 0.428 e. The predicted molar refractivity (Wildman–Crippen MR) is 53.3 cm³/mol. The minimum Gasteiger partial charge on any atom is -0.194 e. The lowest BCUT2D eigenvalue weighted by Crippen LogP contribution is -2.18. The van der Waals surface area contributed by atoms with Crippen LogP contribution in [0.15, 0.2) is 29.2 Å². The van der Waals surface area contributed by atoms with Crippen LogP contribution in [0.4, 0.5) is 8.78 Å². The summed E-state index contributed by atoms with van der Waals surface area (Å²) in [6.07, 6.45) is 0. The number of benzene rings is 1. The highest BCUT2D eigenvalue weighted by atomic mass is 79.9. The number of halogens is 3. The molecule has 1 rings (SSSR count). The van der Waals surface area contributed by atoms with Crippen LogP contribution in [-0.2, 0) is 14.3 Å². The van der Waals surface area contributed by atoms with Crippen LogP contribution in [0.2, 0.25) is 0 Å². The fraction of sp³-hybridized carbons (Fsp3) is 0.250. The molecule has 0 bridgehead atoms. The van der Waals surface area contributed by atoms with E-state index in [1.807, 2.05) is 0 Å². The molecule has 0 aliphatic carbocycles. The molecule has 0 heterocycles. The van der Waals surface area contributed by atoms with E-state index in [-0.39, 0.29) is 4.90 Å². The molecule has 0 aliphatic heterocycles. The SMILES string of the molecule is Cc1ccc(S(=O)(=O)OC(F)(F)Br)cc1. The zero-order valence-corrected chi connectivity index (χ0v) is 9.98.